The van der Waals surface area contributed by atoms with Crippen LogP contribution in [-0.2, 0) is 4.74 Å². The highest BCUT2D eigenvalue weighted by Gasteiger charge is 2.24. The first-order chi connectivity index (χ1) is 10.6. The molecule has 114 valence electrons. The minimum absolute atomic E-state index is 0.197. The Morgan fingerprint density at radius 3 is 2.68 bits per heavy atom. The first-order valence-electron chi connectivity index (χ1n) is 7.27. The van der Waals surface area contributed by atoms with E-state index < -0.39 is 0 Å². The molecule has 1 aliphatic heterocycles. The summed E-state index contributed by atoms with van der Waals surface area (Å²) in [7, 11) is 0. The van der Waals surface area contributed by atoms with E-state index in [1.165, 1.54) is 0 Å². The van der Waals surface area contributed by atoms with Gasteiger partial charge in [0.1, 0.15) is 0 Å². The van der Waals surface area contributed by atoms with Crippen molar-refractivity contribution in [1.82, 2.24) is 9.97 Å². The van der Waals surface area contributed by atoms with E-state index in [0.717, 1.165) is 40.0 Å². The van der Waals surface area contributed by atoms with Gasteiger partial charge in [0, 0.05) is 24.5 Å². The number of nitrogens with zero attached hydrogens (tertiary/aromatic N) is 4. The van der Waals surface area contributed by atoms with Gasteiger partial charge in [0.25, 0.3) is 10.9 Å². The zero-order valence-corrected chi connectivity index (χ0v) is 13.8. The van der Waals surface area contributed by atoms with Crippen molar-refractivity contribution in [3.8, 4) is 10.4 Å². The van der Waals surface area contributed by atoms with Crippen molar-refractivity contribution in [1.29, 1.82) is 0 Å². The summed E-state index contributed by atoms with van der Waals surface area (Å²) in [6.07, 6.45) is 0.197. The van der Waals surface area contributed by atoms with Gasteiger partial charge < -0.3 is 14.5 Å². The molecule has 1 atom stereocenters. The quantitative estimate of drug-likeness (QED) is 0.794. The van der Waals surface area contributed by atoms with Crippen molar-refractivity contribution in [2.24, 2.45) is 0 Å². The average molecular weight is 314 g/mol. The summed E-state index contributed by atoms with van der Waals surface area (Å²) in [6.45, 7) is 15.8. The molecule has 0 aromatic carbocycles. The lowest BCUT2D eigenvalue weighted by Gasteiger charge is -2.29. The topological polar surface area (TPSA) is 42.6 Å². The lowest BCUT2D eigenvalue weighted by molar-refractivity contribution is 0.0532. The molecule has 1 unspecified atom stereocenters. The third-order valence-corrected chi connectivity index (χ3v) is 4.71. The minimum atomic E-state index is 0.197. The third-order valence-electron chi connectivity index (χ3n) is 3.56. The van der Waals surface area contributed by atoms with Crippen LogP contribution in [0.2, 0.25) is 0 Å². The molecule has 0 saturated carbocycles. The second kappa shape index (κ2) is 6.03. The zero-order valence-electron chi connectivity index (χ0n) is 13.0. The number of ether oxygens (including phenoxy) is 1. The standard InChI is InChI=1S/C16H18N4OS/c1-10-7-13(8-11(2)18-10)14-15(17-4)19-16(22-14)20-5-6-21-12(3)9-20/h7-8,12H,5-6,9H2,1-3H3. The van der Waals surface area contributed by atoms with Gasteiger partial charge in [-0.05, 0) is 38.5 Å². The molecular formula is C16H18N4OS. The van der Waals surface area contributed by atoms with Gasteiger partial charge in [-0.3, -0.25) is 4.98 Å². The monoisotopic (exact) mass is 314 g/mol. The molecule has 1 fully saturated rings. The maximum Gasteiger partial charge on any atom is 0.290 e. The maximum absolute atomic E-state index is 7.42. The van der Waals surface area contributed by atoms with E-state index in [-0.39, 0.29) is 6.10 Å². The summed E-state index contributed by atoms with van der Waals surface area (Å²) in [6, 6.07) is 4.03. The van der Waals surface area contributed by atoms with Crippen molar-refractivity contribution in [2.75, 3.05) is 24.6 Å². The number of anilines is 1. The van der Waals surface area contributed by atoms with Crippen LogP contribution in [0.5, 0.6) is 0 Å². The Bertz CT molecular complexity index is 714. The van der Waals surface area contributed by atoms with Gasteiger partial charge in [0.05, 0.1) is 17.6 Å². The van der Waals surface area contributed by atoms with Crippen molar-refractivity contribution >= 4 is 22.3 Å². The van der Waals surface area contributed by atoms with Crippen molar-refractivity contribution in [2.45, 2.75) is 26.9 Å². The van der Waals surface area contributed by atoms with Crippen LogP contribution < -0.4 is 4.90 Å². The second-order valence-corrected chi connectivity index (χ2v) is 6.50. The minimum Gasteiger partial charge on any atom is -0.375 e. The van der Waals surface area contributed by atoms with E-state index in [1.807, 2.05) is 26.0 Å². The summed E-state index contributed by atoms with van der Waals surface area (Å²) in [5.41, 5.74) is 2.95. The summed E-state index contributed by atoms with van der Waals surface area (Å²) >= 11 is 1.58. The highest BCUT2D eigenvalue weighted by molar-refractivity contribution is 7.19. The maximum atomic E-state index is 7.42. The summed E-state index contributed by atoms with van der Waals surface area (Å²) in [5, 5.41) is 0.906. The lowest BCUT2D eigenvalue weighted by Crippen LogP contribution is -2.41. The number of aromatic nitrogens is 2. The third kappa shape index (κ3) is 2.96. The molecule has 2 aromatic rings. The molecular weight excluding hydrogens is 296 g/mol. The normalized spacial score (nSPS) is 18.3. The number of hydrogen-bond donors (Lipinski definition) is 0. The SMILES string of the molecule is [C-]#[N+]c1nc(N2CCOC(C)C2)sc1-c1cc(C)nc(C)c1. The van der Waals surface area contributed by atoms with Crippen LogP contribution >= 0.6 is 11.3 Å². The van der Waals surface area contributed by atoms with E-state index in [4.69, 9.17) is 11.3 Å². The second-order valence-electron chi connectivity index (χ2n) is 5.53. The predicted octanol–water partition coefficient (Wildman–Crippen LogP) is 3.60. The first kappa shape index (κ1) is 14.9. The fourth-order valence-electron chi connectivity index (χ4n) is 2.66. The van der Waals surface area contributed by atoms with E-state index in [0.29, 0.717) is 12.4 Å². The van der Waals surface area contributed by atoms with Gasteiger partial charge in [0.15, 0.2) is 0 Å². The van der Waals surface area contributed by atoms with Crippen LogP contribution in [0.15, 0.2) is 12.1 Å². The fourth-order valence-corrected chi connectivity index (χ4v) is 3.69. The molecule has 22 heavy (non-hydrogen) atoms. The molecule has 2 aromatic heterocycles. The zero-order chi connectivity index (χ0) is 15.7. The van der Waals surface area contributed by atoms with Gasteiger partial charge in [0.2, 0.25) is 0 Å². The van der Waals surface area contributed by atoms with Gasteiger partial charge in [-0.1, -0.05) is 22.9 Å². The van der Waals surface area contributed by atoms with Crippen LogP contribution in [-0.4, -0.2) is 35.8 Å². The molecule has 6 heteroatoms. The van der Waals surface area contributed by atoms with E-state index >= 15 is 0 Å². The van der Waals surface area contributed by atoms with Crippen molar-refractivity contribution in [3.05, 3.63) is 34.9 Å². The number of morpholine rings is 1. The summed E-state index contributed by atoms with van der Waals surface area (Å²) < 4.78 is 5.58. The Morgan fingerprint density at radius 1 is 1.32 bits per heavy atom. The Labute approximate surface area is 134 Å². The summed E-state index contributed by atoms with van der Waals surface area (Å²) in [5.74, 6) is 0.476. The molecule has 0 spiro atoms. The van der Waals surface area contributed by atoms with Crippen LogP contribution in [0.4, 0.5) is 10.9 Å². The van der Waals surface area contributed by atoms with Gasteiger partial charge in [-0.15, -0.1) is 0 Å². The molecule has 5 nitrogen and oxygen atoms in total. The van der Waals surface area contributed by atoms with Crippen LogP contribution in [0.25, 0.3) is 15.3 Å². The first-order valence-corrected chi connectivity index (χ1v) is 8.09. The molecule has 3 rings (SSSR count). The van der Waals surface area contributed by atoms with Crippen LogP contribution in [0.3, 0.4) is 0 Å². The number of rotatable bonds is 2. The Hall–Kier alpha value is -1.97. The fraction of sp³-hybridized carbons (Fsp3) is 0.438. The van der Waals surface area contributed by atoms with Crippen molar-refractivity contribution in [3.63, 3.8) is 0 Å². The smallest absolute Gasteiger partial charge is 0.290 e. The van der Waals surface area contributed by atoms with Crippen LogP contribution in [0.1, 0.15) is 18.3 Å². The molecule has 1 saturated heterocycles. The van der Waals surface area contributed by atoms with Crippen molar-refractivity contribution < 1.29 is 4.74 Å². The van der Waals surface area contributed by atoms with Gasteiger partial charge in [-0.2, -0.15) is 0 Å². The molecule has 1 aliphatic rings. The molecule has 0 N–H and O–H groups in total. The Morgan fingerprint density at radius 2 is 2.05 bits per heavy atom. The summed E-state index contributed by atoms with van der Waals surface area (Å²) in [4.78, 5) is 15.7. The molecule has 0 amide bonds. The van der Waals surface area contributed by atoms with E-state index in [9.17, 15) is 0 Å². The Kier molecular flexibility index (Phi) is 4.10. The molecule has 3 heterocycles. The number of aryl methyl sites for hydroxylation is 2. The number of pyridine rings is 1. The van der Waals surface area contributed by atoms with E-state index in [1.54, 1.807) is 11.3 Å². The largest absolute Gasteiger partial charge is 0.375 e. The Balaban J connectivity index is 2.00. The van der Waals surface area contributed by atoms with E-state index in [2.05, 4.69) is 26.6 Å². The molecule has 0 aliphatic carbocycles. The van der Waals surface area contributed by atoms with Gasteiger partial charge >= 0.3 is 0 Å². The average Bonchev–Trinajstić information content (AvgIpc) is 2.90. The van der Waals surface area contributed by atoms with Gasteiger partial charge in [-0.25, -0.2) is 0 Å². The predicted molar refractivity (Wildman–Crippen MR) is 88.7 cm³/mol. The molecule has 0 radical (unpaired) electrons. The lowest BCUT2D eigenvalue weighted by atomic mass is 10.1. The number of hydrogen-bond acceptors (Lipinski definition) is 5. The number of thiazole rings is 1. The molecule has 0 bridgehead atoms. The highest BCUT2D eigenvalue weighted by atomic mass is 32.1. The highest BCUT2D eigenvalue weighted by Crippen LogP contribution is 2.40. The van der Waals surface area contributed by atoms with Crippen LogP contribution in [0, 0.1) is 20.4 Å².